The number of carbonyl (C=O) groups is 1. The molecule has 1 N–H and O–H groups in total. The first-order chi connectivity index (χ1) is 11.9. The Labute approximate surface area is 154 Å². The van der Waals surface area contributed by atoms with Crippen molar-refractivity contribution in [3.05, 3.63) is 51.2 Å². The van der Waals surface area contributed by atoms with Crippen LogP contribution in [0.5, 0.6) is 5.75 Å². The minimum atomic E-state index is -0.209. The average molecular weight is 377 g/mol. The number of nitrogens with zero attached hydrogens (tertiary/aromatic N) is 3. The monoisotopic (exact) mass is 376 g/mol. The normalized spacial score (nSPS) is 10.8. The summed E-state index contributed by atoms with van der Waals surface area (Å²) in [5.74, 6) is 0.523. The highest BCUT2D eigenvalue weighted by molar-refractivity contribution is 7.16. The van der Waals surface area contributed by atoms with Gasteiger partial charge in [-0.25, -0.2) is 9.67 Å². The molecule has 0 aliphatic rings. The molecule has 130 valence electrons. The average Bonchev–Trinajstić information content (AvgIpc) is 3.11. The van der Waals surface area contributed by atoms with E-state index in [4.69, 9.17) is 16.3 Å². The maximum atomic E-state index is 12.6. The first kappa shape index (κ1) is 17.4. The van der Waals surface area contributed by atoms with Crippen LogP contribution in [0.15, 0.2) is 24.3 Å². The predicted octanol–water partition coefficient (Wildman–Crippen LogP) is 4.17. The van der Waals surface area contributed by atoms with Crippen LogP contribution in [-0.2, 0) is 0 Å². The van der Waals surface area contributed by atoms with Crippen LogP contribution in [-0.4, -0.2) is 27.8 Å². The van der Waals surface area contributed by atoms with Gasteiger partial charge in [0.2, 0.25) is 5.13 Å². The Hall–Kier alpha value is -2.38. The zero-order valence-corrected chi connectivity index (χ0v) is 15.8. The van der Waals surface area contributed by atoms with E-state index in [-0.39, 0.29) is 5.91 Å². The van der Waals surface area contributed by atoms with Crippen molar-refractivity contribution in [2.24, 2.45) is 0 Å². The van der Waals surface area contributed by atoms with Crippen molar-refractivity contribution in [2.45, 2.75) is 20.8 Å². The summed E-state index contributed by atoms with van der Waals surface area (Å²) in [6.45, 7) is 5.51. The summed E-state index contributed by atoms with van der Waals surface area (Å²) in [6.07, 6.45) is 0. The Morgan fingerprint density at radius 2 is 1.88 bits per heavy atom. The van der Waals surface area contributed by atoms with E-state index in [1.54, 1.807) is 43.0 Å². The second kappa shape index (κ2) is 6.85. The molecule has 3 aromatic rings. The number of hydrogen-bond acceptors (Lipinski definition) is 5. The van der Waals surface area contributed by atoms with Crippen molar-refractivity contribution < 1.29 is 9.53 Å². The van der Waals surface area contributed by atoms with Gasteiger partial charge in [0.05, 0.1) is 29.2 Å². The molecule has 0 radical (unpaired) electrons. The second-order valence-corrected chi connectivity index (χ2v) is 6.85. The largest absolute Gasteiger partial charge is 0.497 e. The van der Waals surface area contributed by atoms with Crippen LogP contribution in [0, 0.1) is 20.8 Å². The molecule has 0 unspecified atom stereocenters. The van der Waals surface area contributed by atoms with Gasteiger partial charge in [-0.05, 0) is 45.0 Å². The van der Waals surface area contributed by atoms with Crippen molar-refractivity contribution >= 4 is 34.5 Å². The second-order valence-electron chi connectivity index (χ2n) is 5.49. The van der Waals surface area contributed by atoms with Crippen LogP contribution in [0.3, 0.4) is 0 Å². The van der Waals surface area contributed by atoms with Crippen molar-refractivity contribution in [1.82, 2.24) is 14.8 Å². The van der Waals surface area contributed by atoms with E-state index >= 15 is 0 Å². The number of carbonyl (C=O) groups excluding carboxylic acids is 1. The van der Waals surface area contributed by atoms with Crippen LogP contribution >= 0.6 is 22.9 Å². The lowest BCUT2D eigenvalue weighted by molar-refractivity contribution is 0.103. The molecule has 8 heteroatoms. The molecule has 0 fully saturated rings. The van der Waals surface area contributed by atoms with Gasteiger partial charge in [-0.3, -0.25) is 4.79 Å². The topological polar surface area (TPSA) is 69.0 Å². The van der Waals surface area contributed by atoms with Gasteiger partial charge in [0, 0.05) is 5.69 Å². The molecule has 2 aromatic heterocycles. The molecule has 0 aliphatic heterocycles. The number of methoxy groups -OCH3 is 1. The summed E-state index contributed by atoms with van der Waals surface area (Å²) in [5.41, 5.74) is 2.87. The number of ether oxygens (including phenoxy) is 1. The Kier molecular flexibility index (Phi) is 4.78. The number of aryl methyl sites for hydroxylation is 2. The molecule has 1 aromatic carbocycles. The molecule has 25 heavy (non-hydrogen) atoms. The molecule has 0 saturated carbocycles. The van der Waals surface area contributed by atoms with Gasteiger partial charge in [-0.15, -0.1) is 0 Å². The Morgan fingerprint density at radius 3 is 2.44 bits per heavy atom. The predicted molar refractivity (Wildman–Crippen MR) is 99.4 cm³/mol. The molecule has 1 amide bonds. The molecule has 0 atom stereocenters. The molecule has 2 heterocycles. The molecule has 0 aliphatic carbocycles. The molecule has 0 spiro atoms. The van der Waals surface area contributed by atoms with Crippen molar-refractivity contribution in [3.8, 4) is 10.9 Å². The molecule has 0 bridgehead atoms. The van der Waals surface area contributed by atoms with Crippen molar-refractivity contribution in [2.75, 3.05) is 12.4 Å². The third-order valence-corrected chi connectivity index (χ3v) is 5.40. The van der Waals surface area contributed by atoms with E-state index in [1.165, 1.54) is 11.3 Å². The first-order valence-corrected chi connectivity index (χ1v) is 8.75. The highest BCUT2D eigenvalue weighted by Gasteiger charge is 2.19. The first-order valence-electron chi connectivity index (χ1n) is 7.55. The van der Waals surface area contributed by atoms with Gasteiger partial charge in [-0.1, -0.05) is 22.9 Å². The molecule has 0 saturated heterocycles. The lowest BCUT2D eigenvalue weighted by atomic mass is 10.3. The Bertz CT molecular complexity index is 931. The number of rotatable bonds is 4. The van der Waals surface area contributed by atoms with Crippen LogP contribution in [0.1, 0.15) is 26.8 Å². The molecular formula is C17H17ClN4O2S. The van der Waals surface area contributed by atoms with Crippen LogP contribution in [0.4, 0.5) is 5.69 Å². The molecule has 6 nitrogen and oxygen atoms in total. The van der Waals surface area contributed by atoms with E-state index in [1.807, 2.05) is 13.8 Å². The highest BCUT2D eigenvalue weighted by atomic mass is 35.5. The molecular weight excluding hydrogens is 360 g/mol. The number of hydrogen-bond donors (Lipinski definition) is 1. The van der Waals surface area contributed by atoms with E-state index < -0.39 is 0 Å². The zero-order valence-electron chi connectivity index (χ0n) is 14.3. The fourth-order valence-corrected chi connectivity index (χ4v) is 3.44. The Balaban J connectivity index is 1.86. The number of aromatic nitrogens is 3. The van der Waals surface area contributed by atoms with Gasteiger partial charge in [-0.2, -0.15) is 5.10 Å². The fourth-order valence-electron chi connectivity index (χ4n) is 2.36. The lowest BCUT2D eigenvalue weighted by Gasteiger charge is -2.05. The maximum Gasteiger partial charge on any atom is 0.267 e. The highest BCUT2D eigenvalue weighted by Crippen LogP contribution is 2.27. The van der Waals surface area contributed by atoms with Crippen molar-refractivity contribution in [1.29, 1.82) is 0 Å². The van der Waals surface area contributed by atoms with Gasteiger partial charge < -0.3 is 10.1 Å². The van der Waals surface area contributed by atoms with E-state index in [0.29, 0.717) is 26.4 Å². The number of halogens is 1. The minimum absolute atomic E-state index is 0.209. The van der Waals surface area contributed by atoms with E-state index in [9.17, 15) is 4.79 Å². The third kappa shape index (κ3) is 3.38. The number of nitrogens with one attached hydrogen (secondary N) is 1. The van der Waals surface area contributed by atoms with Gasteiger partial charge in [0.1, 0.15) is 10.6 Å². The standard InChI is InChI=1S/C17H17ClN4O2S/c1-9-14(18)11(3)22(21-9)17-19-10(2)15(25-17)16(23)20-12-5-7-13(24-4)8-6-12/h5-8H,1-4H3,(H,20,23). The van der Waals surface area contributed by atoms with Crippen LogP contribution in [0.25, 0.3) is 5.13 Å². The quantitative estimate of drug-likeness (QED) is 0.742. The van der Waals surface area contributed by atoms with Crippen LogP contribution in [0.2, 0.25) is 5.02 Å². The van der Waals surface area contributed by atoms with E-state index in [2.05, 4.69) is 15.4 Å². The zero-order chi connectivity index (χ0) is 18.1. The number of amides is 1. The Morgan fingerprint density at radius 1 is 1.20 bits per heavy atom. The van der Waals surface area contributed by atoms with Gasteiger partial charge in [0.25, 0.3) is 5.91 Å². The minimum Gasteiger partial charge on any atom is -0.497 e. The number of thiazole rings is 1. The summed E-state index contributed by atoms with van der Waals surface area (Å²) in [6, 6.07) is 7.15. The van der Waals surface area contributed by atoms with E-state index in [0.717, 1.165) is 17.1 Å². The van der Waals surface area contributed by atoms with Gasteiger partial charge >= 0.3 is 0 Å². The summed E-state index contributed by atoms with van der Waals surface area (Å²) >= 11 is 7.47. The molecule has 3 rings (SSSR count). The van der Waals surface area contributed by atoms with Gasteiger partial charge in [0.15, 0.2) is 0 Å². The summed E-state index contributed by atoms with van der Waals surface area (Å²) in [7, 11) is 1.60. The fraction of sp³-hybridized carbons (Fsp3) is 0.235. The summed E-state index contributed by atoms with van der Waals surface area (Å²) in [4.78, 5) is 17.6. The lowest BCUT2D eigenvalue weighted by Crippen LogP contribution is -2.11. The van der Waals surface area contributed by atoms with Crippen molar-refractivity contribution in [3.63, 3.8) is 0 Å². The number of anilines is 1. The summed E-state index contributed by atoms with van der Waals surface area (Å²) in [5, 5.41) is 8.47. The SMILES string of the molecule is COc1ccc(NC(=O)c2sc(-n3nc(C)c(Cl)c3C)nc2C)cc1. The number of benzene rings is 1. The smallest absolute Gasteiger partial charge is 0.267 e. The summed E-state index contributed by atoms with van der Waals surface area (Å²) < 4.78 is 6.78. The maximum absolute atomic E-state index is 12.6. The van der Waals surface area contributed by atoms with Crippen LogP contribution < -0.4 is 10.1 Å². The third-order valence-electron chi connectivity index (χ3n) is 3.72.